The van der Waals surface area contributed by atoms with Crippen molar-refractivity contribution in [1.82, 2.24) is 10.2 Å². The summed E-state index contributed by atoms with van der Waals surface area (Å²) in [4.78, 5) is 3.94. The molecule has 102 valence electrons. The monoisotopic (exact) mass is 332 g/mol. The van der Waals surface area contributed by atoms with E-state index in [-0.39, 0.29) is 0 Å². The minimum Gasteiger partial charge on any atom is -0.378 e. The van der Waals surface area contributed by atoms with Crippen molar-refractivity contribution in [2.75, 3.05) is 26.3 Å². The minimum absolute atomic E-state index is 0.488. The van der Waals surface area contributed by atoms with E-state index < -0.39 is 0 Å². The van der Waals surface area contributed by atoms with Crippen LogP contribution in [0.4, 0.5) is 0 Å². The van der Waals surface area contributed by atoms with Crippen LogP contribution in [0.3, 0.4) is 0 Å². The van der Waals surface area contributed by atoms with Crippen LogP contribution in [-0.2, 0) is 11.3 Å². The van der Waals surface area contributed by atoms with E-state index in [1.54, 1.807) is 0 Å². The van der Waals surface area contributed by atoms with Crippen molar-refractivity contribution in [3.63, 3.8) is 0 Å². The zero-order valence-corrected chi connectivity index (χ0v) is 13.4. The topological polar surface area (TPSA) is 24.5 Å². The summed E-state index contributed by atoms with van der Waals surface area (Å²) in [5.41, 5.74) is 0. The number of thiophene rings is 1. The second-order valence-corrected chi connectivity index (χ2v) is 6.90. The summed E-state index contributed by atoms with van der Waals surface area (Å²) in [6, 6.07) is 3.24. The number of nitrogens with one attached hydrogen (secondary N) is 1. The quantitative estimate of drug-likeness (QED) is 0.897. The Bertz CT molecular complexity index is 370. The fraction of sp³-hybridized carbons (Fsp3) is 0.692. The van der Waals surface area contributed by atoms with Crippen LogP contribution in [0.5, 0.6) is 0 Å². The third-order valence-corrected chi connectivity index (χ3v) is 4.77. The Balaban J connectivity index is 1.90. The zero-order valence-electron chi connectivity index (χ0n) is 11.0. The highest BCUT2D eigenvalue weighted by atomic mass is 79.9. The lowest BCUT2D eigenvalue weighted by atomic mass is 10.2. The average Bonchev–Trinajstić information content (AvgIpc) is 2.73. The minimum atomic E-state index is 0.488. The van der Waals surface area contributed by atoms with Crippen molar-refractivity contribution in [2.24, 2.45) is 0 Å². The third kappa shape index (κ3) is 4.31. The first-order chi connectivity index (χ1) is 8.65. The van der Waals surface area contributed by atoms with Gasteiger partial charge in [-0.25, -0.2) is 0 Å². The first-order valence-electron chi connectivity index (χ1n) is 6.43. The summed E-state index contributed by atoms with van der Waals surface area (Å²) in [7, 11) is 0. The van der Waals surface area contributed by atoms with Crippen molar-refractivity contribution in [3.8, 4) is 0 Å². The molecule has 0 spiro atoms. The van der Waals surface area contributed by atoms with E-state index in [1.807, 2.05) is 11.3 Å². The fourth-order valence-electron chi connectivity index (χ4n) is 2.09. The predicted octanol–water partition coefficient (Wildman–Crippen LogP) is 2.71. The first-order valence-corrected chi connectivity index (χ1v) is 8.10. The summed E-state index contributed by atoms with van der Waals surface area (Å²) in [6.07, 6.45) is 0. The van der Waals surface area contributed by atoms with Gasteiger partial charge < -0.3 is 10.1 Å². The van der Waals surface area contributed by atoms with Gasteiger partial charge in [-0.15, -0.1) is 11.3 Å². The predicted molar refractivity (Wildman–Crippen MR) is 80.2 cm³/mol. The molecule has 1 aliphatic rings. The molecule has 3 nitrogen and oxygen atoms in total. The number of hydrogen-bond donors (Lipinski definition) is 1. The highest BCUT2D eigenvalue weighted by Crippen LogP contribution is 2.22. The van der Waals surface area contributed by atoms with E-state index in [0.29, 0.717) is 12.1 Å². The molecule has 18 heavy (non-hydrogen) atoms. The van der Waals surface area contributed by atoms with E-state index in [9.17, 15) is 0 Å². The van der Waals surface area contributed by atoms with Gasteiger partial charge in [0.25, 0.3) is 0 Å². The van der Waals surface area contributed by atoms with E-state index in [0.717, 1.165) is 32.8 Å². The number of morpholine rings is 1. The molecule has 0 aliphatic carbocycles. The zero-order chi connectivity index (χ0) is 13.0. The molecule has 2 heterocycles. The lowest BCUT2D eigenvalue weighted by Crippen LogP contribution is -2.50. The molecule has 0 radical (unpaired) electrons. The van der Waals surface area contributed by atoms with Gasteiger partial charge in [-0.05, 0) is 22.0 Å². The summed E-state index contributed by atoms with van der Waals surface area (Å²) in [6.45, 7) is 9.13. The third-order valence-electron chi connectivity index (χ3n) is 3.09. The smallest absolute Gasteiger partial charge is 0.0635 e. The van der Waals surface area contributed by atoms with Gasteiger partial charge in [-0.2, -0.15) is 0 Å². The van der Waals surface area contributed by atoms with Crippen molar-refractivity contribution < 1.29 is 4.74 Å². The van der Waals surface area contributed by atoms with Crippen LogP contribution in [0.25, 0.3) is 0 Å². The van der Waals surface area contributed by atoms with Crippen molar-refractivity contribution in [2.45, 2.75) is 32.5 Å². The number of rotatable bonds is 5. The van der Waals surface area contributed by atoms with E-state index in [4.69, 9.17) is 4.74 Å². The molecule has 2 rings (SSSR count). The average molecular weight is 333 g/mol. The maximum atomic E-state index is 5.60. The maximum absolute atomic E-state index is 5.60. The van der Waals surface area contributed by atoms with Crippen LogP contribution in [-0.4, -0.2) is 43.3 Å². The van der Waals surface area contributed by atoms with E-state index in [1.165, 1.54) is 9.35 Å². The van der Waals surface area contributed by atoms with Crippen molar-refractivity contribution >= 4 is 27.3 Å². The molecular formula is C13H21BrN2OS. The van der Waals surface area contributed by atoms with Gasteiger partial charge in [0.15, 0.2) is 0 Å². The second kappa shape index (κ2) is 7.01. The Morgan fingerprint density at radius 3 is 3.11 bits per heavy atom. The van der Waals surface area contributed by atoms with Crippen LogP contribution in [0.15, 0.2) is 15.9 Å². The molecule has 1 fully saturated rings. The van der Waals surface area contributed by atoms with E-state index in [2.05, 4.69) is 51.4 Å². The number of nitrogens with zero attached hydrogens (tertiary/aromatic N) is 1. The highest BCUT2D eigenvalue weighted by molar-refractivity contribution is 9.10. The fourth-order valence-corrected chi connectivity index (χ4v) is 3.57. The van der Waals surface area contributed by atoms with E-state index >= 15 is 0 Å². The van der Waals surface area contributed by atoms with Crippen LogP contribution in [0, 0.1) is 0 Å². The molecule has 0 saturated carbocycles. The lowest BCUT2D eigenvalue weighted by molar-refractivity contribution is -0.0110. The molecule has 0 bridgehead atoms. The summed E-state index contributed by atoms with van der Waals surface area (Å²) in [5, 5.41) is 5.66. The molecule has 1 atom stereocenters. The van der Waals surface area contributed by atoms with Crippen LogP contribution in [0.1, 0.15) is 18.7 Å². The van der Waals surface area contributed by atoms with Crippen LogP contribution >= 0.6 is 27.3 Å². The Morgan fingerprint density at radius 2 is 2.44 bits per heavy atom. The SMILES string of the molecule is CC(C)NCC1COCCN1Cc1cc(Br)cs1. The number of halogens is 1. The summed E-state index contributed by atoms with van der Waals surface area (Å²) < 4.78 is 6.79. The number of hydrogen-bond acceptors (Lipinski definition) is 4. The molecule has 5 heteroatoms. The van der Waals surface area contributed by atoms with Crippen LogP contribution < -0.4 is 5.32 Å². The highest BCUT2D eigenvalue weighted by Gasteiger charge is 2.23. The largest absolute Gasteiger partial charge is 0.378 e. The van der Waals surface area contributed by atoms with Gasteiger partial charge >= 0.3 is 0 Å². The van der Waals surface area contributed by atoms with Gasteiger partial charge in [0.2, 0.25) is 0 Å². The first kappa shape index (κ1) is 14.5. The van der Waals surface area contributed by atoms with Crippen molar-refractivity contribution in [3.05, 3.63) is 20.8 Å². The Labute approximate surface area is 122 Å². The molecule has 1 N–H and O–H groups in total. The van der Waals surface area contributed by atoms with Crippen LogP contribution in [0.2, 0.25) is 0 Å². The van der Waals surface area contributed by atoms with Gasteiger partial charge in [0, 0.05) is 46.4 Å². The molecule has 1 aromatic rings. The van der Waals surface area contributed by atoms with Gasteiger partial charge in [-0.1, -0.05) is 13.8 Å². The molecule has 0 aromatic carbocycles. The Kier molecular flexibility index (Phi) is 5.63. The number of ether oxygens (including phenoxy) is 1. The second-order valence-electron chi connectivity index (χ2n) is 4.99. The standard InChI is InChI=1S/C13H21BrN2OS/c1-10(2)15-6-12-8-17-4-3-16(12)7-13-5-11(14)9-18-13/h5,9-10,12,15H,3-4,6-8H2,1-2H3. The molecule has 1 saturated heterocycles. The summed E-state index contributed by atoms with van der Waals surface area (Å²) >= 11 is 5.34. The van der Waals surface area contributed by atoms with Gasteiger partial charge in [0.1, 0.15) is 0 Å². The Hall–Kier alpha value is 0.0600. The lowest BCUT2D eigenvalue weighted by Gasteiger charge is -2.35. The van der Waals surface area contributed by atoms with Gasteiger partial charge in [-0.3, -0.25) is 4.90 Å². The molecule has 1 aromatic heterocycles. The van der Waals surface area contributed by atoms with Crippen molar-refractivity contribution in [1.29, 1.82) is 0 Å². The maximum Gasteiger partial charge on any atom is 0.0635 e. The molecule has 1 aliphatic heterocycles. The molecule has 1 unspecified atom stereocenters. The summed E-state index contributed by atoms with van der Waals surface area (Å²) in [5.74, 6) is 0. The molecular weight excluding hydrogens is 312 g/mol. The normalized spacial score (nSPS) is 21.7. The van der Waals surface area contributed by atoms with Gasteiger partial charge in [0.05, 0.1) is 13.2 Å². The molecule has 0 amide bonds. The Morgan fingerprint density at radius 1 is 1.61 bits per heavy atom.